The molecule has 39 heavy (non-hydrogen) atoms. The van der Waals surface area contributed by atoms with Crippen molar-refractivity contribution in [2.75, 3.05) is 20.5 Å². The summed E-state index contributed by atoms with van der Waals surface area (Å²) in [4.78, 5) is 40.5. The third-order valence-corrected chi connectivity index (χ3v) is 6.08. The summed E-state index contributed by atoms with van der Waals surface area (Å²) >= 11 is 0. The van der Waals surface area contributed by atoms with Crippen LogP contribution >= 0.6 is 0 Å². The maximum Gasteiger partial charge on any atom is 0.305 e. The fourth-order valence-corrected chi connectivity index (χ4v) is 3.92. The molecule has 2 aromatic carbocycles. The predicted molar refractivity (Wildman–Crippen MR) is 141 cm³/mol. The van der Waals surface area contributed by atoms with E-state index >= 15 is 0 Å². The van der Waals surface area contributed by atoms with Gasteiger partial charge < -0.3 is 34.2 Å². The number of carbonyl (C=O) groups is 3. The van der Waals surface area contributed by atoms with E-state index in [-0.39, 0.29) is 23.8 Å². The number of pyridine rings is 1. The molecular formula is C29H32N2O8. The first-order valence-electron chi connectivity index (χ1n) is 12.2. The fraction of sp³-hybridized carbons (Fsp3) is 0.310. The molecule has 0 fully saturated rings. The quantitative estimate of drug-likeness (QED) is 0.192. The summed E-state index contributed by atoms with van der Waals surface area (Å²) in [6.07, 6.45) is 1.06. The van der Waals surface area contributed by atoms with Gasteiger partial charge in [-0.25, -0.2) is 4.98 Å². The van der Waals surface area contributed by atoms with Gasteiger partial charge in [0.2, 0.25) is 6.79 Å². The SMILES string of the molecule is COc1ccnc(C(=O)N[C@@](C)(C=O)CO[C@@H](C)C(O)(c2ccccc2)c2ccccc2)c1OCOC(C)=O. The lowest BCUT2D eigenvalue weighted by Gasteiger charge is -2.37. The van der Waals surface area contributed by atoms with Gasteiger partial charge in [-0.05, 0) is 25.0 Å². The number of nitrogens with zero attached hydrogens (tertiary/aromatic N) is 1. The molecule has 2 atom stereocenters. The summed E-state index contributed by atoms with van der Waals surface area (Å²) in [5.74, 6) is -1.21. The standard InChI is InChI=1S/C29H32N2O8/c1-20(29(35,22-11-7-5-8-12-22)23-13-9-6-10-14-23)37-18-28(3,17-32)31-27(34)25-26(39-19-38-21(2)33)24(36-4)15-16-30-25/h5-17,20,35H,18-19H2,1-4H3,(H,31,34)/t20-,28-/m0/s1. The van der Waals surface area contributed by atoms with Crippen molar-refractivity contribution in [3.05, 3.63) is 89.7 Å². The number of aliphatic hydroxyl groups is 1. The first-order chi connectivity index (χ1) is 18.6. The molecule has 0 bridgehead atoms. The summed E-state index contributed by atoms with van der Waals surface area (Å²) in [5.41, 5.74) is -2.01. The molecule has 1 aromatic heterocycles. The number of aldehydes is 1. The molecule has 1 amide bonds. The molecule has 0 spiro atoms. The molecule has 3 rings (SSSR count). The summed E-state index contributed by atoms with van der Waals surface area (Å²) < 4.78 is 21.5. The smallest absolute Gasteiger partial charge is 0.305 e. The Bertz CT molecular complexity index is 1230. The number of hydrogen-bond acceptors (Lipinski definition) is 9. The van der Waals surface area contributed by atoms with Crippen LogP contribution < -0.4 is 14.8 Å². The summed E-state index contributed by atoms with van der Waals surface area (Å²) in [5, 5.41) is 14.5. The van der Waals surface area contributed by atoms with E-state index in [4.69, 9.17) is 18.9 Å². The van der Waals surface area contributed by atoms with Crippen LogP contribution in [0.4, 0.5) is 0 Å². The number of hydrogen-bond donors (Lipinski definition) is 2. The summed E-state index contributed by atoms with van der Waals surface area (Å²) in [6, 6.07) is 19.6. The molecule has 0 saturated carbocycles. The van der Waals surface area contributed by atoms with Crippen LogP contribution in [0.1, 0.15) is 42.4 Å². The number of aromatic nitrogens is 1. The normalized spacial score (nSPS) is 13.5. The number of esters is 1. The van der Waals surface area contributed by atoms with Crippen molar-refractivity contribution < 1.29 is 38.4 Å². The predicted octanol–water partition coefficient (Wildman–Crippen LogP) is 3.02. The molecule has 0 saturated heterocycles. The van der Waals surface area contributed by atoms with Crippen LogP contribution in [0.25, 0.3) is 0 Å². The highest BCUT2D eigenvalue weighted by Crippen LogP contribution is 2.35. The van der Waals surface area contributed by atoms with E-state index in [0.29, 0.717) is 17.4 Å². The molecule has 10 heteroatoms. The minimum atomic E-state index is -1.54. The van der Waals surface area contributed by atoms with E-state index < -0.39 is 35.9 Å². The van der Waals surface area contributed by atoms with Crippen molar-refractivity contribution in [1.82, 2.24) is 10.3 Å². The highest BCUT2D eigenvalue weighted by molar-refractivity contribution is 5.97. The molecule has 10 nitrogen and oxygen atoms in total. The molecule has 206 valence electrons. The van der Waals surface area contributed by atoms with Crippen molar-refractivity contribution in [2.45, 2.75) is 38.0 Å². The Kier molecular flexibility index (Phi) is 9.75. The monoisotopic (exact) mass is 536 g/mol. The van der Waals surface area contributed by atoms with Crippen LogP contribution in [0.2, 0.25) is 0 Å². The number of methoxy groups -OCH3 is 1. The van der Waals surface area contributed by atoms with Crippen LogP contribution in [-0.4, -0.2) is 60.4 Å². The van der Waals surface area contributed by atoms with Gasteiger partial charge in [0.1, 0.15) is 17.4 Å². The lowest BCUT2D eigenvalue weighted by molar-refractivity contribution is -0.147. The Hall–Kier alpha value is -4.28. The van der Waals surface area contributed by atoms with Gasteiger partial charge in [0.05, 0.1) is 19.8 Å². The lowest BCUT2D eigenvalue weighted by Crippen LogP contribution is -2.53. The Labute approximate surface area is 226 Å². The minimum absolute atomic E-state index is 0.0659. The van der Waals surface area contributed by atoms with Gasteiger partial charge in [0, 0.05) is 19.2 Å². The Morgan fingerprint density at radius 2 is 1.64 bits per heavy atom. The number of ether oxygens (including phenoxy) is 4. The second kappa shape index (κ2) is 13.0. The topological polar surface area (TPSA) is 133 Å². The van der Waals surface area contributed by atoms with Crippen LogP contribution in [0.3, 0.4) is 0 Å². The van der Waals surface area contributed by atoms with E-state index in [1.165, 1.54) is 33.2 Å². The maximum atomic E-state index is 13.2. The number of rotatable bonds is 13. The van der Waals surface area contributed by atoms with Gasteiger partial charge in [0.15, 0.2) is 17.2 Å². The highest BCUT2D eigenvalue weighted by Gasteiger charge is 2.40. The van der Waals surface area contributed by atoms with Crippen molar-refractivity contribution in [2.24, 2.45) is 0 Å². The summed E-state index contributed by atoms with van der Waals surface area (Å²) in [6.45, 7) is 3.65. The van der Waals surface area contributed by atoms with Gasteiger partial charge >= 0.3 is 5.97 Å². The molecule has 2 N–H and O–H groups in total. The number of carbonyl (C=O) groups excluding carboxylic acids is 3. The van der Waals surface area contributed by atoms with E-state index in [1.54, 1.807) is 31.2 Å². The van der Waals surface area contributed by atoms with Crippen molar-refractivity contribution in [3.8, 4) is 11.5 Å². The van der Waals surface area contributed by atoms with Crippen molar-refractivity contribution >= 4 is 18.2 Å². The Morgan fingerprint density at radius 3 is 2.15 bits per heavy atom. The van der Waals surface area contributed by atoms with E-state index in [2.05, 4.69) is 10.3 Å². The molecular weight excluding hydrogens is 504 g/mol. The third kappa shape index (κ3) is 6.98. The second-order valence-electron chi connectivity index (χ2n) is 9.03. The molecule has 0 radical (unpaired) electrons. The van der Waals surface area contributed by atoms with Crippen LogP contribution in [0, 0.1) is 0 Å². The average molecular weight is 537 g/mol. The highest BCUT2D eigenvalue weighted by atomic mass is 16.7. The summed E-state index contributed by atoms with van der Waals surface area (Å²) in [7, 11) is 1.38. The van der Waals surface area contributed by atoms with E-state index in [1.807, 2.05) is 36.4 Å². The first kappa shape index (κ1) is 29.3. The molecule has 0 unspecified atom stereocenters. The number of nitrogens with one attached hydrogen (secondary N) is 1. The molecule has 3 aromatic rings. The van der Waals surface area contributed by atoms with E-state index in [9.17, 15) is 19.5 Å². The van der Waals surface area contributed by atoms with Gasteiger partial charge in [-0.2, -0.15) is 0 Å². The fourth-order valence-electron chi connectivity index (χ4n) is 3.92. The Balaban J connectivity index is 1.81. The van der Waals surface area contributed by atoms with Crippen molar-refractivity contribution in [1.29, 1.82) is 0 Å². The van der Waals surface area contributed by atoms with E-state index in [0.717, 1.165) is 0 Å². The van der Waals surface area contributed by atoms with Gasteiger partial charge in [0.25, 0.3) is 5.91 Å². The lowest BCUT2D eigenvalue weighted by atomic mass is 9.82. The second-order valence-corrected chi connectivity index (χ2v) is 9.03. The van der Waals surface area contributed by atoms with Crippen molar-refractivity contribution in [3.63, 3.8) is 0 Å². The first-order valence-corrected chi connectivity index (χ1v) is 12.2. The molecule has 1 heterocycles. The zero-order chi connectivity index (χ0) is 28.5. The third-order valence-electron chi connectivity index (χ3n) is 6.08. The Morgan fingerprint density at radius 1 is 1.05 bits per heavy atom. The van der Waals surface area contributed by atoms with Crippen LogP contribution in [0.5, 0.6) is 11.5 Å². The van der Waals surface area contributed by atoms with Crippen LogP contribution in [0.15, 0.2) is 72.9 Å². The average Bonchev–Trinajstić information content (AvgIpc) is 2.96. The van der Waals surface area contributed by atoms with Gasteiger partial charge in [-0.15, -0.1) is 0 Å². The molecule has 0 aliphatic carbocycles. The van der Waals surface area contributed by atoms with Gasteiger partial charge in [-0.3, -0.25) is 9.59 Å². The molecule has 0 aliphatic heterocycles. The zero-order valence-corrected chi connectivity index (χ0v) is 22.2. The maximum absolute atomic E-state index is 13.2. The number of benzene rings is 2. The zero-order valence-electron chi connectivity index (χ0n) is 22.2. The molecule has 0 aliphatic rings. The number of amides is 1. The minimum Gasteiger partial charge on any atom is -0.493 e. The van der Waals surface area contributed by atoms with Gasteiger partial charge in [-0.1, -0.05) is 60.7 Å². The van der Waals surface area contributed by atoms with Crippen LogP contribution in [-0.2, 0) is 24.7 Å². The largest absolute Gasteiger partial charge is 0.493 e.